The van der Waals surface area contributed by atoms with E-state index in [9.17, 15) is 9.59 Å². The average Bonchev–Trinajstić information content (AvgIpc) is 3.20. The molecule has 1 aromatic carbocycles. The molecule has 0 unspecified atom stereocenters. The van der Waals surface area contributed by atoms with Gasteiger partial charge >= 0.3 is 6.03 Å². The van der Waals surface area contributed by atoms with Gasteiger partial charge in [-0.2, -0.15) is 0 Å². The predicted molar refractivity (Wildman–Crippen MR) is 117 cm³/mol. The molecule has 1 heterocycles. The van der Waals surface area contributed by atoms with Crippen molar-refractivity contribution in [3.8, 4) is 5.75 Å². The Morgan fingerprint density at radius 3 is 2.72 bits per heavy atom. The molecule has 7 nitrogen and oxygen atoms in total. The number of urea groups is 1. The third kappa shape index (κ3) is 7.38. The maximum absolute atomic E-state index is 12.8. The monoisotopic (exact) mass is 418 g/mol. The first-order valence-corrected chi connectivity index (χ1v) is 10.9. The first-order valence-electron chi connectivity index (χ1n) is 10.00. The van der Waals surface area contributed by atoms with Gasteiger partial charge in [0.1, 0.15) is 16.5 Å². The summed E-state index contributed by atoms with van der Waals surface area (Å²) in [5.74, 6) is 0.517. The normalized spacial score (nSPS) is 10.4. The van der Waals surface area contributed by atoms with Crippen LogP contribution in [-0.2, 0) is 6.54 Å². The number of hydrogen-bond donors (Lipinski definition) is 2. The first-order chi connectivity index (χ1) is 14.1. The zero-order chi connectivity index (χ0) is 21.1. The van der Waals surface area contributed by atoms with Crippen molar-refractivity contribution in [2.24, 2.45) is 0 Å². The fourth-order valence-corrected chi connectivity index (χ4v) is 3.41. The number of anilines is 1. The van der Waals surface area contributed by atoms with Crippen LogP contribution in [0.3, 0.4) is 0 Å². The Bertz CT molecular complexity index is 794. The van der Waals surface area contributed by atoms with Crippen molar-refractivity contribution < 1.29 is 14.3 Å². The number of benzene rings is 1. The molecule has 1 aromatic heterocycles. The van der Waals surface area contributed by atoms with Gasteiger partial charge in [0.05, 0.1) is 13.7 Å². The van der Waals surface area contributed by atoms with E-state index in [-0.39, 0.29) is 11.9 Å². The average molecular weight is 419 g/mol. The van der Waals surface area contributed by atoms with Gasteiger partial charge in [-0.05, 0) is 25.0 Å². The third-order valence-corrected chi connectivity index (χ3v) is 5.15. The number of methoxy groups -OCH3 is 1. The van der Waals surface area contributed by atoms with Gasteiger partial charge in [-0.1, -0.05) is 32.8 Å². The van der Waals surface area contributed by atoms with Crippen molar-refractivity contribution in [3.05, 3.63) is 40.3 Å². The van der Waals surface area contributed by atoms with E-state index in [1.165, 1.54) is 11.3 Å². The molecule has 2 N–H and O–H groups in total. The Morgan fingerprint density at radius 2 is 2.00 bits per heavy atom. The quantitative estimate of drug-likeness (QED) is 0.526. The Labute approximate surface area is 176 Å². The molecule has 0 aliphatic rings. The van der Waals surface area contributed by atoms with Crippen LogP contribution < -0.4 is 15.4 Å². The van der Waals surface area contributed by atoms with Crippen LogP contribution in [-0.4, -0.2) is 42.0 Å². The van der Waals surface area contributed by atoms with Gasteiger partial charge in [0, 0.05) is 30.2 Å². The largest absolute Gasteiger partial charge is 0.497 e. The highest BCUT2D eigenvalue weighted by atomic mass is 32.1. The summed E-state index contributed by atoms with van der Waals surface area (Å²) < 4.78 is 5.21. The van der Waals surface area contributed by atoms with E-state index in [4.69, 9.17) is 4.74 Å². The molecule has 0 saturated carbocycles. The Hall–Kier alpha value is -2.61. The highest BCUT2D eigenvalue weighted by molar-refractivity contribution is 7.09. The Balaban J connectivity index is 2.02. The fraction of sp³-hybridized carbons (Fsp3) is 0.476. The molecular formula is C21H30N4O3S. The minimum Gasteiger partial charge on any atom is -0.497 e. The molecule has 8 heteroatoms. The summed E-state index contributed by atoms with van der Waals surface area (Å²) in [6.45, 7) is 5.79. The van der Waals surface area contributed by atoms with Gasteiger partial charge in [-0.15, -0.1) is 11.3 Å². The molecule has 0 bridgehead atoms. The second-order valence-corrected chi connectivity index (χ2v) is 7.62. The van der Waals surface area contributed by atoms with E-state index in [0.717, 1.165) is 30.7 Å². The molecule has 158 valence electrons. The highest BCUT2D eigenvalue weighted by Gasteiger charge is 2.17. The zero-order valence-electron chi connectivity index (χ0n) is 17.4. The number of ether oxygens (including phenoxy) is 1. The summed E-state index contributed by atoms with van der Waals surface area (Å²) in [5.41, 5.74) is 1.08. The minimum absolute atomic E-state index is 0.165. The van der Waals surface area contributed by atoms with Crippen LogP contribution in [0.15, 0.2) is 29.6 Å². The van der Waals surface area contributed by atoms with Crippen molar-refractivity contribution in [1.29, 1.82) is 0 Å². The maximum Gasteiger partial charge on any atom is 0.322 e. The van der Waals surface area contributed by atoms with Crippen LogP contribution in [0.4, 0.5) is 10.5 Å². The van der Waals surface area contributed by atoms with Crippen molar-refractivity contribution >= 4 is 29.0 Å². The molecule has 0 atom stereocenters. The minimum atomic E-state index is -0.198. The first kappa shape index (κ1) is 22.7. The lowest BCUT2D eigenvalue weighted by Gasteiger charge is -2.22. The lowest BCUT2D eigenvalue weighted by molar-refractivity contribution is 0.0948. The summed E-state index contributed by atoms with van der Waals surface area (Å²) >= 11 is 1.40. The second-order valence-electron chi connectivity index (χ2n) is 6.67. The van der Waals surface area contributed by atoms with Crippen LogP contribution in [0.1, 0.15) is 55.0 Å². The molecule has 0 spiro atoms. The van der Waals surface area contributed by atoms with Crippen molar-refractivity contribution in [2.45, 2.75) is 46.1 Å². The summed E-state index contributed by atoms with van der Waals surface area (Å²) in [6.07, 6.45) is 3.84. The number of hydrogen-bond acceptors (Lipinski definition) is 5. The molecule has 0 aliphatic heterocycles. The molecule has 3 amide bonds. The van der Waals surface area contributed by atoms with Crippen molar-refractivity contribution in [1.82, 2.24) is 15.2 Å². The number of carbonyl (C=O) groups excluding carboxylic acids is 2. The molecule has 0 saturated heterocycles. The van der Waals surface area contributed by atoms with E-state index in [2.05, 4.69) is 29.5 Å². The van der Waals surface area contributed by atoms with Crippen LogP contribution in [0, 0.1) is 0 Å². The summed E-state index contributed by atoms with van der Waals surface area (Å²) in [6, 6.07) is 7.05. The molecule has 0 fully saturated rings. The van der Waals surface area contributed by atoms with Gasteiger partial charge in [0.25, 0.3) is 5.91 Å². The van der Waals surface area contributed by atoms with Crippen LogP contribution in [0.2, 0.25) is 0 Å². The number of carbonyl (C=O) groups is 2. The van der Waals surface area contributed by atoms with E-state index in [0.29, 0.717) is 36.8 Å². The van der Waals surface area contributed by atoms with Gasteiger partial charge < -0.3 is 20.3 Å². The van der Waals surface area contributed by atoms with Gasteiger partial charge in [0.15, 0.2) is 0 Å². The SMILES string of the molecule is CCCCNC(=O)c1csc(CN(CCCC)C(=O)Nc2cccc(OC)c2)n1. The van der Waals surface area contributed by atoms with Crippen LogP contribution in [0.5, 0.6) is 5.75 Å². The Morgan fingerprint density at radius 1 is 1.21 bits per heavy atom. The molecule has 2 aromatic rings. The second kappa shape index (κ2) is 12.1. The maximum atomic E-state index is 12.8. The topological polar surface area (TPSA) is 83.6 Å². The van der Waals surface area contributed by atoms with Crippen molar-refractivity contribution in [2.75, 3.05) is 25.5 Å². The fourth-order valence-electron chi connectivity index (χ4n) is 2.63. The molecule has 29 heavy (non-hydrogen) atoms. The lowest BCUT2D eigenvalue weighted by atomic mass is 10.3. The number of nitrogens with zero attached hydrogens (tertiary/aromatic N) is 2. The van der Waals surface area contributed by atoms with E-state index >= 15 is 0 Å². The van der Waals surface area contributed by atoms with E-state index in [1.807, 2.05) is 18.2 Å². The summed E-state index contributed by atoms with van der Waals surface area (Å²) in [4.78, 5) is 31.1. The summed E-state index contributed by atoms with van der Waals surface area (Å²) in [5, 5.41) is 8.26. The Kier molecular flexibility index (Phi) is 9.43. The molecule has 0 radical (unpaired) electrons. The van der Waals surface area contributed by atoms with Crippen LogP contribution in [0.25, 0.3) is 0 Å². The highest BCUT2D eigenvalue weighted by Crippen LogP contribution is 2.18. The lowest BCUT2D eigenvalue weighted by Crippen LogP contribution is -2.35. The van der Waals surface area contributed by atoms with E-state index < -0.39 is 0 Å². The third-order valence-electron chi connectivity index (χ3n) is 4.32. The van der Waals surface area contributed by atoms with Gasteiger partial charge in [-0.25, -0.2) is 9.78 Å². The van der Waals surface area contributed by atoms with Crippen LogP contribution >= 0.6 is 11.3 Å². The molecular weight excluding hydrogens is 388 g/mol. The number of unbranched alkanes of at least 4 members (excludes halogenated alkanes) is 2. The number of amides is 3. The van der Waals surface area contributed by atoms with Gasteiger partial charge in [-0.3, -0.25) is 4.79 Å². The predicted octanol–water partition coefficient (Wildman–Crippen LogP) is 4.52. The van der Waals surface area contributed by atoms with Crippen molar-refractivity contribution in [3.63, 3.8) is 0 Å². The molecule has 2 rings (SSSR count). The number of rotatable bonds is 11. The summed E-state index contributed by atoms with van der Waals surface area (Å²) in [7, 11) is 1.59. The number of thiazole rings is 1. The van der Waals surface area contributed by atoms with E-state index in [1.54, 1.807) is 23.5 Å². The number of nitrogens with one attached hydrogen (secondary N) is 2. The smallest absolute Gasteiger partial charge is 0.322 e. The number of aromatic nitrogens is 1. The van der Waals surface area contributed by atoms with Gasteiger partial charge in [0.2, 0.25) is 0 Å². The standard InChI is InChI=1S/C21H30N4O3S/c1-4-6-11-22-20(26)18-15-29-19(24-18)14-25(12-7-5-2)21(27)23-16-9-8-10-17(13-16)28-3/h8-10,13,15H,4-7,11-12,14H2,1-3H3,(H,22,26)(H,23,27). The molecule has 0 aliphatic carbocycles. The zero-order valence-corrected chi connectivity index (χ0v) is 18.2.